The number of hydrogen-bond acceptors (Lipinski definition) is 3. The molecule has 4 nitrogen and oxygen atoms in total. The van der Waals surface area contributed by atoms with Crippen LogP contribution in [-0.2, 0) is 0 Å². The lowest BCUT2D eigenvalue weighted by Crippen LogP contribution is -2.13. The Kier molecular flexibility index (Phi) is 3.83. The number of halogens is 1. The molecule has 2 aromatic rings. The normalized spacial score (nSPS) is 9.68. The Bertz CT molecular complexity index is 677. The number of para-hydroxylation sites is 1. The van der Waals surface area contributed by atoms with Crippen LogP contribution in [0.3, 0.4) is 0 Å². The lowest BCUT2D eigenvalue weighted by molar-refractivity contribution is 0.102. The van der Waals surface area contributed by atoms with Gasteiger partial charge in [0.05, 0.1) is 16.8 Å². The molecular formula is C14H9BrN2O2. The highest BCUT2D eigenvalue weighted by atomic mass is 79.9. The number of benzene rings is 2. The van der Waals surface area contributed by atoms with Crippen LogP contribution in [0.25, 0.3) is 0 Å². The second kappa shape index (κ2) is 5.55. The zero-order chi connectivity index (χ0) is 13.8. The van der Waals surface area contributed by atoms with E-state index in [9.17, 15) is 9.90 Å². The minimum absolute atomic E-state index is 0.103. The molecule has 0 aliphatic rings. The first kappa shape index (κ1) is 13.1. The van der Waals surface area contributed by atoms with Crippen LogP contribution in [0.5, 0.6) is 5.75 Å². The maximum atomic E-state index is 12.0. The van der Waals surface area contributed by atoms with Crippen LogP contribution < -0.4 is 5.32 Å². The molecule has 94 valence electrons. The number of rotatable bonds is 2. The molecule has 0 saturated heterocycles. The summed E-state index contributed by atoms with van der Waals surface area (Å²) in [5.74, 6) is -0.568. The second-order valence-electron chi connectivity index (χ2n) is 3.77. The molecule has 2 aromatic carbocycles. The van der Waals surface area contributed by atoms with Crippen molar-refractivity contribution in [2.24, 2.45) is 0 Å². The SMILES string of the molecule is N#Cc1ccc(Br)cc1NC(=O)c1ccccc1O. The zero-order valence-corrected chi connectivity index (χ0v) is 11.3. The Hall–Kier alpha value is -2.32. The van der Waals surface area contributed by atoms with Gasteiger partial charge in [0, 0.05) is 4.47 Å². The van der Waals surface area contributed by atoms with E-state index in [4.69, 9.17) is 5.26 Å². The van der Waals surface area contributed by atoms with E-state index in [0.717, 1.165) is 4.47 Å². The van der Waals surface area contributed by atoms with Crippen molar-refractivity contribution in [3.63, 3.8) is 0 Å². The molecule has 0 atom stereocenters. The topological polar surface area (TPSA) is 73.1 Å². The Balaban J connectivity index is 2.32. The number of carbonyl (C=O) groups excluding carboxylic acids is 1. The summed E-state index contributed by atoms with van der Waals surface area (Å²) in [6, 6.07) is 13.2. The van der Waals surface area contributed by atoms with Crippen molar-refractivity contribution < 1.29 is 9.90 Å². The first-order valence-corrected chi connectivity index (χ1v) is 6.20. The van der Waals surface area contributed by atoms with Crippen molar-refractivity contribution in [2.75, 3.05) is 5.32 Å². The molecule has 2 N–H and O–H groups in total. The molecule has 1 amide bonds. The van der Waals surface area contributed by atoms with E-state index in [2.05, 4.69) is 21.2 Å². The Labute approximate surface area is 118 Å². The molecule has 0 aliphatic heterocycles. The molecule has 0 unspecified atom stereocenters. The standard InChI is InChI=1S/C14H9BrN2O2/c15-10-6-5-9(8-16)12(7-10)17-14(19)11-3-1-2-4-13(11)18/h1-7,18H,(H,17,19). The van der Waals surface area contributed by atoms with Gasteiger partial charge in [-0.15, -0.1) is 0 Å². The number of amides is 1. The third-order valence-corrected chi connectivity index (χ3v) is 2.99. The van der Waals surface area contributed by atoms with E-state index in [1.165, 1.54) is 12.1 Å². The molecule has 5 heteroatoms. The average molecular weight is 317 g/mol. The van der Waals surface area contributed by atoms with E-state index in [1.54, 1.807) is 30.3 Å². The number of nitriles is 1. The van der Waals surface area contributed by atoms with E-state index in [1.807, 2.05) is 6.07 Å². The summed E-state index contributed by atoms with van der Waals surface area (Å²) in [4.78, 5) is 12.0. The van der Waals surface area contributed by atoms with Gasteiger partial charge in [-0.25, -0.2) is 0 Å². The van der Waals surface area contributed by atoms with Crippen LogP contribution in [0.15, 0.2) is 46.9 Å². The molecule has 0 saturated carbocycles. The van der Waals surface area contributed by atoms with Crippen molar-refractivity contribution in [1.29, 1.82) is 5.26 Å². The van der Waals surface area contributed by atoms with Crippen molar-refractivity contribution in [2.45, 2.75) is 0 Å². The van der Waals surface area contributed by atoms with Gasteiger partial charge in [0.1, 0.15) is 11.8 Å². The summed E-state index contributed by atoms with van der Waals surface area (Å²) in [5.41, 5.74) is 0.906. The smallest absolute Gasteiger partial charge is 0.259 e. The summed E-state index contributed by atoms with van der Waals surface area (Å²) < 4.78 is 0.749. The molecule has 0 heterocycles. The van der Waals surface area contributed by atoms with E-state index < -0.39 is 5.91 Å². The predicted molar refractivity (Wildman–Crippen MR) is 74.9 cm³/mol. The molecule has 0 aromatic heterocycles. The molecule has 2 rings (SSSR count). The molecule has 19 heavy (non-hydrogen) atoms. The molecule has 0 radical (unpaired) electrons. The Morgan fingerprint density at radius 2 is 2.00 bits per heavy atom. The number of carbonyl (C=O) groups is 1. The molecule has 0 bridgehead atoms. The largest absolute Gasteiger partial charge is 0.507 e. The third kappa shape index (κ3) is 2.92. The minimum atomic E-state index is -0.465. The summed E-state index contributed by atoms with van der Waals surface area (Å²) in [6.45, 7) is 0. The number of phenols is 1. The number of phenolic OH excluding ortho intramolecular Hbond substituents is 1. The van der Waals surface area contributed by atoms with Crippen LogP contribution in [-0.4, -0.2) is 11.0 Å². The first-order valence-electron chi connectivity index (χ1n) is 5.41. The number of aromatic hydroxyl groups is 1. The van der Waals surface area contributed by atoms with Gasteiger partial charge in [0.25, 0.3) is 5.91 Å². The molecule has 0 fully saturated rings. The number of nitrogens with zero attached hydrogens (tertiary/aromatic N) is 1. The lowest BCUT2D eigenvalue weighted by Gasteiger charge is -2.08. The van der Waals surface area contributed by atoms with Gasteiger partial charge in [-0.3, -0.25) is 4.79 Å². The Morgan fingerprint density at radius 3 is 2.68 bits per heavy atom. The monoisotopic (exact) mass is 316 g/mol. The third-order valence-electron chi connectivity index (χ3n) is 2.50. The molecule has 0 spiro atoms. The Morgan fingerprint density at radius 1 is 1.26 bits per heavy atom. The number of nitrogens with one attached hydrogen (secondary N) is 1. The van der Waals surface area contributed by atoms with Gasteiger partial charge in [-0.1, -0.05) is 28.1 Å². The fourth-order valence-corrected chi connectivity index (χ4v) is 1.93. The van der Waals surface area contributed by atoms with Crippen LogP contribution in [0.1, 0.15) is 15.9 Å². The molecular weight excluding hydrogens is 308 g/mol. The predicted octanol–water partition coefficient (Wildman–Crippen LogP) is 3.28. The van der Waals surface area contributed by atoms with E-state index in [0.29, 0.717) is 11.3 Å². The average Bonchev–Trinajstić information content (AvgIpc) is 2.39. The van der Waals surface area contributed by atoms with Crippen LogP contribution >= 0.6 is 15.9 Å². The van der Waals surface area contributed by atoms with Crippen LogP contribution in [0.2, 0.25) is 0 Å². The maximum absolute atomic E-state index is 12.0. The van der Waals surface area contributed by atoms with Gasteiger partial charge >= 0.3 is 0 Å². The van der Waals surface area contributed by atoms with E-state index in [-0.39, 0.29) is 11.3 Å². The van der Waals surface area contributed by atoms with E-state index >= 15 is 0 Å². The summed E-state index contributed by atoms with van der Waals surface area (Å²) >= 11 is 3.28. The van der Waals surface area contributed by atoms with Gasteiger partial charge < -0.3 is 10.4 Å². The number of anilines is 1. The fraction of sp³-hybridized carbons (Fsp3) is 0. The maximum Gasteiger partial charge on any atom is 0.259 e. The zero-order valence-electron chi connectivity index (χ0n) is 9.72. The van der Waals surface area contributed by atoms with Gasteiger partial charge in [-0.05, 0) is 30.3 Å². The van der Waals surface area contributed by atoms with Crippen LogP contribution in [0, 0.1) is 11.3 Å². The molecule has 0 aliphatic carbocycles. The highest BCUT2D eigenvalue weighted by molar-refractivity contribution is 9.10. The number of hydrogen-bond donors (Lipinski definition) is 2. The highest BCUT2D eigenvalue weighted by Crippen LogP contribution is 2.23. The van der Waals surface area contributed by atoms with Gasteiger partial charge in [0.15, 0.2) is 0 Å². The summed E-state index contributed by atoms with van der Waals surface area (Å²) in [5, 5.41) is 21.2. The minimum Gasteiger partial charge on any atom is -0.507 e. The summed E-state index contributed by atoms with van der Waals surface area (Å²) in [7, 11) is 0. The quantitative estimate of drug-likeness (QED) is 0.893. The fourth-order valence-electron chi connectivity index (χ4n) is 1.57. The van der Waals surface area contributed by atoms with Crippen molar-refractivity contribution >= 4 is 27.5 Å². The van der Waals surface area contributed by atoms with Crippen molar-refractivity contribution in [3.05, 3.63) is 58.1 Å². The van der Waals surface area contributed by atoms with Gasteiger partial charge in [-0.2, -0.15) is 5.26 Å². The second-order valence-corrected chi connectivity index (χ2v) is 4.69. The highest BCUT2D eigenvalue weighted by Gasteiger charge is 2.12. The van der Waals surface area contributed by atoms with Crippen LogP contribution in [0.4, 0.5) is 5.69 Å². The van der Waals surface area contributed by atoms with Crippen molar-refractivity contribution in [3.8, 4) is 11.8 Å². The van der Waals surface area contributed by atoms with Crippen molar-refractivity contribution in [1.82, 2.24) is 0 Å². The van der Waals surface area contributed by atoms with Gasteiger partial charge in [0.2, 0.25) is 0 Å². The lowest BCUT2D eigenvalue weighted by atomic mass is 10.1. The summed E-state index contributed by atoms with van der Waals surface area (Å²) in [6.07, 6.45) is 0. The first-order chi connectivity index (χ1) is 9.11.